The van der Waals surface area contributed by atoms with Crippen molar-refractivity contribution in [2.75, 3.05) is 19.6 Å². The van der Waals surface area contributed by atoms with Crippen LogP contribution in [0.2, 0.25) is 0 Å². The van der Waals surface area contributed by atoms with Crippen molar-refractivity contribution in [1.82, 2.24) is 14.7 Å². The maximum absolute atomic E-state index is 11.7. The number of rotatable bonds is 3. The van der Waals surface area contributed by atoms with Crippen LogP contribution in [-0.2, 0) is 14.4 Å². The summed E-state index contributed by atoms with van der Waals surface area (Å²) in [6.45, 7) is 3.25. The molecule has 51 heavy (non-hydrogen) atoms. The lowest BCUT2D eigenvalue weighted by Crippen LogP contribution is -2.33. The Labute approximate surface area is 326 Å². The van der Waals surface area contributed by atoms with E-state index >= 15 is 0 Å². The first-order chi connectivity index (χ1) is 24.7. The number of carbonyl (C=O) groups is 3. The van der Waals surface area contributed by atoms with Gasteiger partial charge in [0.15, 0.2) is 17.3 Å². The number of fused-ring (bicyclic) bond motifs is 3. The van der Waals surface area contributed by atoms with Gasteiger partial charge >= 0.3 is 0 Å². The predicted molar refractivity (Wildman–Crippen MR) is 214 cm³/mol. The van der Waals surface area contributed by atoms with Crippen molar-refractivity contribution in [1.29, 1.82) is 0 Å². The molecular formula is C42H42Br3N3O3. The summed E-state index contributed by atoms with van der Waals surface area (Å²) < 4.78 is 3.21. The number of allylic oxidation sites excluding steroid dienone is 3. The molecule has 0 radical (unpaired) electrons. The van der Waals surface area contributed by atoms with Crippen molar-refractivity contribution < 1.29 is 14.4 Å². The van der Waals surface area contributed by atoms with Crippen molar-refractivity contribution in [3.8, 4) is 0 Å². The number of nitrogens with zero attached hydrogens (tertiary/aromatic N) is 3. The highest BCUT2D eigenvalue weighted by Gasteiger charge is 2.34. The van der Waals surface area contributed by atoms with Gasteiger partial charge in [-0.05, 0) is 91.6 Å². The van der Waals surface area contributed by atoms with E-state index in [2.05, 4.69) is 98.9 Å². The summed E-state index contributed by atoms with van der Waals surface area (Å²) in [6.07, 6.45) is 14.6. The second-order valence-corrected chi connectivity index (χ2v) is 16.8. The van der Waals surface area contributed by atoms with Gasteiger partial charge < -0.3 is 14.7 Å². The Kier molecular flexibility index (Phi) is 11.4. The summed E-state index contributed by atoms with van der Waals surface area (Å²) in [5.41, 5.74) is 6.76. The van der Waals surface area contributed by atoms with Gasteiger partial charge in [-0.25, -0.2) is 0 Å². The maximum atomic E-state index is 11.7. The first kappa shape index (κ1) is 36.1. The Morgan fingerprint density at radius 2 is 0.667 bits per heavy atom. The third-order valence-electron chi connectivity index (χ3n) is 10.7. The average molecular weight is 877 g/mol. The van der Waals surface area contributed by atoms with E-state index in [1.165, 1.54) is 19.3 Å². The summed E-state index contributed by atoms with van der Waals surface area (Å²) in [6, 6.07) is 25.9. The van der Waals surface area contributed by atoms with Crippen LogP contribution in [0.4, 0.5) is 0 Å². The zero-order valence-electron chi connectivity index (χ0n) is 28.6. The predicted octanol–water partition coefficient (Wildman–Crippen LogP) is 9.68. The number of carbonyl (C=O) groups excluding carboxylic acids is 3. The lowest BCUT2D eigenvalue weighted by molar-refractivity contribution is -0.116. The molecule has 6 heterocycles. The molecule has 3 fully saturated rings. The van der Waals surface area contributed by atoms with E-state index < -0.39 is 0 Å². The van der Waals surface area contributed by atoms with E-state index in [0.717, 1.165) is 86.1 Å². The van der Waals surface area contributed by atoms with Gasteiger partial charge in [-0.15, -0.1) is 0 Å². The van der Waals surface area contributed by atoms with Crippen LogP contribution in [0.25, 0.3) is 17.1 Å². The average Bonchev–Trinajstić information content (AvgIpc) is 3.90. The van der Waals surface area contributed by atoms with Crippen molar-refractivity contribution in [3.63, 3.8) is 0 Å². The molecule has 9 rings (SSSR count). The first-order valence-electron chi connectivity index (χ1n) is 18.0. The fourth-order valence-electron chi connectivity index (χ4n) is 8.28. The highest BCUT2D eigenvalue weighted by Crippen LogP contribution is 2.36. The Bertz CT molecular complexity index is 1650. The minimum Gasteiger partial charge on any atom is -0.368 e. The Morgan fingerprint density at radius 1 is 0.412 bits per heavy atom. The molecule has 0 unspecified atom stereocenters. The molecule has 264 valence electrons. The van der Waals surface area contributed by atoms with Crippen LogP contribution in [0.5, 0.6) is 0 Å². The highest BCUT2D eigenvalue weighted by atomic mass is 79.9. The molecule has 3 aromatic carbocycles. The fourth-order valence-corrected chi connectivity index (χ4v) is 9.08. The van der Waals surface area contributed by atoms with E-state index in [9.17, 15) is 14.4 Å². The van der Waals surface area contributed by atoms with E-state index in [-0.39, 0.29) is 17.3 Å². The standard InChI is InChI=1S/3C14H14BrNO/c3*15-11-5-3-10(4-6-11)14-9-13(17)8-12-2-1-7-16(12)14/h3*3-6,9,12H,1-2,7-8H2/t3*12-/m111/s1. The van der Waals surface area contributed by atoms with Gasteiger partial charge in [0.25, 0.3) is 0 Å². The summed E-state index contributed by atoms with van der Waals surface area (Å²) in [5, 5.41) is 0. The zero-order chi connectivity index (χ0) is 35.5. The zero-order valence-corrected chi connectivity index (χ0v) is 33.3. The van der Waals surface area contributed by atoms with Gasteiger partial charge in [-0.2, -0.15) is 0 Å². The second-order valence-electron chi connectivity index (χ2n) is 14.1. The molecule has 0 aromatic heterocycles. The Morgan fingerprint density at radius 3 is 0.922 bits per heavy atom. The molecule has 0 amide bonds. The van der Waals surface area contributed by atoms with Crippen LogP contribution in [0.15, 0.2) is 104 Å². The summed E-state index contributed by atoms with van der Waals surface area (Å²) in [7, 11) is 0. The molecule has 0 saturated carbocycles. The molecule has 0 bridgehead atoms. The SMILES string of the molecule is O=C1C=C(c2ccc(Br)cc2)N2CCC[C@@H]2C1.O=C1C=C(c2ccc(Br)cc2)N2CCC[C@@H]2C1.O=C1C=C(c2ccc(Br)cc2)N2CCC[C@@H]2C1. The molecule has 0 aliphatic carbocycles. The molecule has 3 saturated heterocycles. The Hall–Kier alpha value is -3.27. The number of hydrogen-bond acceptors (Lipinski definition) is 6. The summed E-state index contributed by atoms with van der Waals surface area (Å²) in [4.78, 5) is 42.4. The molecule has 6 aliphatic rings. The first-order valence-corrected chi connectivity index (χ1v) is 20.4. The quantitative estimate of drug-likeness (QED) is 0.262. The molecule has 0 N–H and O–H groups in total. The normalized spacial score (nSPS) is 23.6. The monoisotopic (exact) mass is 873 g/mol. The van der Waals surface area contributed by atoms with Crippen LogP contribution in [0.1, 0.15) is 74.5 Å². The van der Waals surface area contributed by atoms with Gasteiger partial charge in [-0.3, -0.25) is 14.4 Å². The highest BCUT2D eigenvalue weighted by molar-refractivity contribution is 9.11. The van der Waals surface area contributed by atoms with Crippen LogP contribution in [0.3, 0.4) is 0 Å². The van der Waals surface area contributed by atoms with Crippen LogP contribution in [0, 0.1) is 0 Å². The Balaban J connectivity index is 0.000000119. The molecule has 3 atom stereocenters. The minimum absolute atomic E-state index is 0.270. The van der Waals surface area contributed by atoms with Crippen LogP contribution in [-0.4, -0.2) is 69.8 Å². The number of hydrogen-bond donors (Lipinski definition) is 0. The number of ketones is 3. The summed E-state index contributed by atoms with van der Waals surface area (Å²) in [5.74, 6) is 0.809. The van der Waals surface area contributed by atoms with Crippen molar-refractivity contribution in [2.45, 2.75) is 75.9 Å². The van der Waals surface area contributed by atoms with Crippen molar-refractivity contribution in [3.05, 3.63) is 121 Å². The molecule has 0 spiro atoms. The van der Waals surface area contributed by atoms with E-state index in [0.29, 0.717) is 37.4 Å². The maximum Gasteiger partial charge on any atom is 0.159 e. The van der Waals surface area contributed by atoms with Gasteiger partial charge in [-0.1, -0.05) is 84.2 Å². The largest absolute Gasteiger partial charge is 0.368 e. The molecule has 3 aromatic rings. The van der Waals surface area contributed by atoms with Gasteiger partial charge in [0.2, 0.25) is 0 Å². The number of benzene rings is 3. The fraction of sp³-hybridized carbons (Fsp3) is 0.357. The molecule has 9 heteroatoms. The third kappa shape index (κ3) is 8.52. The topological polar surface area (TPSA) is 60.9 Å². The van der Waals surface area contributed by atoms with E-state index in [4.69, 9.17) is 0 Å². The smallest absolute Gasteiger partial charge is 0.159 e. The van der Waals surface area contributed by atoms with E-state index in [1.54, 1.807) is 0 Å². The second kappa shape index (κ2) is 16.2. The molecular weight excluding hydrogens is 834 g/mol. The van der Waals surface area contributed by atoms with Gasteiger partial charge in [0, 0.05) is 106 Å². The summed E-state index contributed by atoms with van der Waals surface area (Å²) >= 11 is 10.3. The van der Waals surface area contributed by atoms with Crippen molar-refractivity contribution in [2.24, 2.45) is 0 Å². The molecule has 6 nitrogen and oxygen atoms in total. The van der Waals surface area contributed by atoms with E-state index in [1.807, 2.05) is 54.6 Å². The lowest BCUT2D eigenvalue weighted by Gasteiger charge is -2.32. The van der Waals surface area contributed by atoms with Crippen LogP contribution < -0.4 is 0 Å². The minimum atomic E-state index is 0.270. The third-order valence-corrected chi connectivity index (χ3v) is 12.3. The van der Waals surface area contributed by atoms with Gasteiger partial charge in [0.05, 0.1) is 0 Å². The van der Waals surface area contributed by atoms with Gasteiger partial charge in [0.1, 0.15) is 0 Å². The van der Waals surface area contributed by atoms with Crippen LogP contribution >= 0.6 is 47.8 Å². The van der Waals surface area contributed by atoms with Crippen molar-refractivity contribution >= 4 is 82.2 Å². The lowest BCUT2D eigenvalue weighted by atomic mass is 9.99. The molecule has 6 aliphatic heterocycles. The number of halogens is 3.